The van der Waals surface area contributed by atoms with E-state index in [0.29, 0.717) is 22.4 Å². The van der Waals surface area contributed by atoms with Crippen molar-refractivity contribution in [1.29, 1.82) is 0 Å². The van der Waals surface area contributed by atoms with E-state index >= 15 is 0 Å². The van der Waals surface area contributed by atoms with Crippen LogP contribution >= 0.6 is 0 Å². The number of sulfonamides is 1. The van der Waals surface area contributed by atoms with Gasteiger partial charge in [-0.05, 0) is 35.9 Å². The molecule has 0 unspecified atom stereocenters. The van der Waals surface area contributed by atoms with E-state index in [1.165, 1.54) is 19.4 Å². The third kappa shape index (κ3) is 3.86. The van der Waals surface area contributed by atoms with Crippen molar-refractivity contribution in [3.8, 4) is 17.2 Å². The van der Waals surface area contributed by atoms with E-state index < -0.39 is 15.8 Å². The maximum Gasteiger partial charge on any atom is 0.213 e. The molecule has 2 aromatic carbocycles. The molecule has 3 aromatic rings. The topological polar surface area (TPSA) is 91.5 Å². The Hall–Kier alpha value is -2.71. The first-order valence-corrected chi connectivity index (χ1v) is 8.97. The summed E-state index contributed by atoms with van der Waals surface area (Å²) in [5, 5.41) is 5.51. The van der Waals surface area contributed by atoms with Crippen molar-refractivity contribution in [3.05, 3.63) is 60.0 Å². The van der Waals surface area contributed by atoms with Crippen LogP contribution in [0.5, 0.6) is 17.2 Å². The molecule has 1 heterocycles. The second-order valence-electron chi connectivity index (χ2n) is 5.34. The lowest BCUT2D eigenvalue weighted by Gasteiger charge is -2.11. The van der Waals surface area contributed by atoms with E-state index in [9.17, 15) is 12.8 Å². The van der Waals surface area contributed by atoms with Crippen molar-refractivity contribution in [2.45, 2.75) is 5.75 Å². The van der Waals surface area contributed by atoms with Gasteiger partial charge < -0.3 is 9.47 Å². The zero-order valence-electron chi connectivity index (χ0n) is 13.3. The number of rotatable bonds is 5. The first kappa shape index (κ1) is 17.1. The van der Waals surface area contributed by atoms with Gasteiger partial charge in [0.15, 0.2) is 11.6 Å². The second-order valence-corrected chi connectivity index (χ2v) is 6.95. The van der Waals surface area contributed by atoms with Crippen molar-refractivity contribution in [3.63, 3.8) is 0 Å². The van der Waals surface area contributed by atoms with Crippen molar-refractivity contribution >= 4 is 20.9 Å². The van der Waals surface area contributed by atoms with Crippen LogP contribution in [0.2, 0.25) is 0 Å². The summed E-state index contributed by atoms with van der Waals surface area (Å²) in [6.07, 6.45) is 1.44. The molecule has 0 saturated carbocycles. The molecule has 8 heteroatoms. The number of fused-ring (bicyclic) bond motifs is 1. The normalized spacial score (nSPS) is 11.5. The maximum absolute atomic E-state index is 14.3. The minimum Gasteiger partial charge on any atom is -0.494 e. The molecule has 25 heavy (non-hydrogen) atoms. The van der Waals surface area contributed by atoms with Gasteiger partial charge in [0.1, 0.15) is 17.0 Å². The van der Waals surface area contributed by atoms with Gasteiger partial charge in [0.2, 0.25) is 10.0 Å². The SMILES string of the molecule is COc1ccc2c(Oc3ccc(CS(N)(=O)=O)cc3)ccnc2c1F. The third-order valence-electron chi connectivity index (χ3n) is 3.51. The standard InChI is InChI=1S/C17H15FN2O4S/c1-23-15-7-6-13-14(8-9-20-17(13)16(15)18)24-12-4-2-11(3-5-12)10-25(19,21)22/h2-9H,10H2,1H3,(H2,19,21,22). The number of nitrogens with zero attached hydrogens (tertiary/aromatic N) is 1. The fourth-order valence-electron chi connectivity index (χ4n) is 2.40. The highest BCUT2D eigenvalue weighted by Gasteiger charge is 2.13. The lowest BCUT2D eigenvalue weighted by molar-refractivity contribution is 0.388. The number of hydrogen-bond acceptors (Lipinski definition) is 5. The van der Waals surface area contributed by atoms with Crippen molar-refractivity contribution in [2.24, 2.45) is 5.14 Å². The molecule has 2 N–H and O–H groups in total. The lowest BCUT2D eigenvalue weighted by Crippen LogP contribution is -2.14. The molecule has 0 aliphatic heterocycles. The number of benzene rings is 2. The smallest absolute Gasteiger partial charge is 0.213 e. The van der Waals surface area contributed by atoms with Crippen LogP contribution in [0.25, 0.3) is 10.9 Å². The molecule has 0 aliphatic carbocycles. The van der Waals surface area contributed by atoms with Gasteiger partial charge in [0.05, 0.1) is 12.9 Å². The number of ether oxygens (including phenoxy) is 2. The molecule has 0 radical (unpaired) electrons. The fraction of sp³-hybridized carbons (Fsp3) is 0.118. The van der Waals surface area contributed by atoms with Gasteiger partial charge >= 0.3 is 0 Å². The average molecular weight is 362 g/mol. The van der Waals surface area contributed by atoms with E-state index in [2.05, 4.69) is 4.98 Å². The minimum atomic E-state index is -3.59. The summed E-state index contributed by atoms with van der Waals surface area (Å²) in [6, 6.07) is 11.2. The second kappa shape index (κ2) is 6.66. The van der Waals surface area contributed by atoms with Gasteiger partial charge in [-0.15, -0.1) is 0 Å². The van der Waals surface area contributed by atoms with Crippen LogP contribution in [0.4, 0.5) is 4.39 Å². The summed E-state index contributed by atoms with van der Waals surface area (Å²) in [6.45, 7) is 0. The first-order valence-electron chi connectivity index (χ1n) is 7.26. The Labute approximate surface area is 144 Å². The Balaban J connectivity index is 1.92. The molecule has 0 aliphatic rings. The largest absolute Gasteiger partial charge is 0.494 e. The number of nitrogens with two attached hydrogens (primary N) is 1. The molecule has 0 saturated heterocycles. The molecule has 0 amide bonds. The van der Waals surface area contributed by atoms with Crippen LogP contribution in [0.1, 0.15) is 5.56 Å². The Bertz CT molecular complexity index is 1020. The maximum atomic E-state index is 14.3. The number of primary sulfonamides is 1. The molecule has 6 nitrogen and oxygen atoms in total. The van der Waals surface area contributed by atoms with Crippen LogP contribution in [0.3, 0.4) is 0 Å². The highest BCUT2D eigenvalue weighted by molar-refractivity contribution is 7.88. The summed E-state index contributed by atoms with van der Waals surface area (Å²) in [5.41, 5.74) is 0.688. The number of aromatic nitrogens is 1. The molecule has 0 bridgehead atoms. The number of methoxy groups -OCH3 is 1. The lowest BCUT2D eigenvalue weighted by atomic mass is 10.2. The van der Waals surface area contributed by atoms with Crippen molar-refractivity contribution < 1.29 is 22.3 Å². The van der Waals surface area contributed by atoms with Crippen LogP contribution in [-0.4, -0.2) is 20.5 Å². The van der Waals surface area contributed by atoms with E-state index in [0.717, 1.165) is 0 Å². The fourth-order valence-corrected chi connectivity index (χ4v) is 3.06. The van der Waals surface area contributed by atoms with Crippen molar-refractivity contribution in [1.82, 2.24) is 4.98 Å². The van der Waals surface area contributed by atoms with Crippen LogP contribution in [0, 0.1) is 5.82 Å². The van der Waals surface area contributed by atoms with E-state index in [4.69, 9.17) is 14.6 Å². The Morgan fingerprint density at radius 2 is 1.80 bits per heavy atom. The van der Waals surface area contributed by atoms with Gasteiger partial charge in [-0.2, -0.15) is 0 Å². The van der Waals surface area contributed by atoms with Crippen molar-refractivity contribution in [2.75, 3.05) is 7.11 Å². The quantitative estimate of drug-likeness (QED) is 0.753. The zero-order chi connectivity index (χ0) is 18.0. The van der Waals surface area contributed by atoms with E-state index in [-0.39, 0.29) is 17.0 Å². The van der Waals surface area contributed by atoms with E-state index in [1.54, 1.807) is 36.4 Å². The third-order valence-corrected chi connectivity index (χ3v) is 4.25. The average Bonchev–Trinajstić information content (AvgIpc) is 2.56. The molecular weight excluding hydrogens is 347 g/mol. The highest BCUT2D eigenvalue weighted by Crippen LogP contribution is 2.33. The Morgan fingerprint density at radius 1 is 1.08 bits per heavy atom. The molecular formula is C17H15FN2O4S. The number of halogens is 1. The van der Waals surface area contributed by atoms with Crippen LogP contribution in [-0.2, 0) is 15.8 Å². The minimum absolute atomic E-state index is 0.101. The predicted molar refractivity (Wildman–Crippen MR) is 91.6 cm³/mol. The zero-order valence-corrected chi connectivity index (χ0v) is 14.1. The van der Waals surface area contributed by atoms with Gasteiger partial charge in [-0.3, -0.25) is 4.98 Å². The first-order chi connectivity index (χ1) is 11.9. The Kier molecular flexibility index (Phi) is 4.56. The monoisotopic (exact) mass is 362 g/mol. The Morgan fingerprint density at radius 3 is 2.44 bits per heavy atom. The van der Waals surface area contributed by atoms with Crippen LogP contribution < -0.4 is 14.6 Å². The predicted octanol–water partition coefficient (Wildman–Crippen LogP) is 2.96. The van der Waals surface area contributed by atoms with E-state index in [1.807, 2.05) is 0 Å². The highest BCUT2D eigenvalue weighted by atomic mass is 32.2. The number of hydrogen-bond donors (Lipinski definition) is 1. The molecule has 1 aromatic heterocycles. The summed E-state index contributed by atoms with van der Waals surface area (Å²) < 4.78 is 47.2. The summed E-state index contributed by atoms with van der Waals surface area (Å²) in [4.78, 5) is 4.03. The molecule has 0 fully saturated rings. The number of pyridine rings is 1. The molecule has 3 rings (SSSR count). The molecule has 0 atom stereocenters. The summed E-state index contributed by atoms with van der Waals surface area (Å²) in [7, 11) is -2.21. The molecule has 0 spiro atoms. The van der Waals surface area contributed by atoms with Gasteiger partial charge in [0, 0.05) is 11.6 Å². The van der Waals surface area contributed by atoms with Gasteiger partial charge in [0.25, 0.3) is 0 Å². The van der Waals surface area contributed by atoms with Crippen LogP contribution in [0.15, 0.2) is 48.7 Å². The van der Waals surface area contributed by atoms with Gasteiger partial charge in [-0.1, -0.05) is 12.1 Å². The summed E-state index contributed by atoms with van der Waals surface area (Å²) in [5.74, 6) is 0.183. The molecule has 130 valence electrons. The summed E-state index contributed by atoms with van der Waals surface area (Å²) >= 11 is 0. The van der Waals surface area contributed by atoms with Gasteiger partial charge in [-0.25, -0.2) is 17.9 Å².